The topological polar surface area (TPSA) is 25.6 Å². The van der Waals surface area contributed by atoms with Crippen LogP contribution in [0.25, 0.3) is 0 Å². The Labute approximate surface area is 106 Å². The van der Waals surface area contributed by atoms with Crippen LogP contribution in [0.3, 0.4) is 0 Å². The third-order valence-electron chi connectivity index (χ3n) is 3.71. The minimum absolute atomic E-state index is 0.466. The molecule has 4 heteroatoms. The molecule has 3 heterocycles. The molecule has 0 saturated carbocycles. The molecule has 1 spiro atoms. The number of furan rings is 1. The molecule has 0 amide bonds. The summed E-state index contributed by atoms with van der Waals surface area (Å²) < 4.78 is 11.5. The standard InChI is InChI=1S/C13H19NO2S/c1-10-3-4-11(16-10)6-14-8-13(9-14)5-12(15-2)7-17-13/h3-4,12H,5-9H2,1-2H3/t12-/m1/s1. The number of hydrogen-bond acceptors (Lipinski definition) is 4. The van der Waals surface area contributed by atoms with Crippen LogP contribution < -0.4 is 0 Å². The monoisotopic (exact) mass is 253 g/mol. The molecule has 1 aromatic heterocycles. The Hall–Kier alpha value is -0.450. The Bertz CT molecular complexity index is 398. The maximum Gasteiger partial charge on any atom is 0.118 e. The Balaban J connectivity index is 1.52. The minimum atomic E-state index is 0.466. The van der Waals surface area contributed by atoms with Crippen LogP contribution >= 0.6 is 11.8 Å². The van der Waals surface area contributed by atoms with Crippen molar-refractivity contribution in [2.75, 3.05) is 26.0 Å². The van der Waals surface area contributed by atoms with Gasteiger partial charge in [0.1, 0.15) is 11.5 Å². The van der Waals surface area contributed by atoms with Crippen molar-refractivity contribution in [1.29, 1.82) is 0 Å². The SMILES string of the molecule is CO[C@H]1CSC2(C1)CN(Cc1ccc(C)o1)C2. The van der Waals surface area contributed by atoms with Gasteiger partial charge >= 0.3 is 0 Å². The zero-order chi connectivity index (χ0) is 11.9. The Morgan fingerprint density at radius 2 is 2.35 bits per heavy atom. The van der Waals surface area contributed by atoms with Gasteiger partial charge in [-0.1, -0.05) is 0 Å². The number of rotatable bonds is 3. The van der Waals surface area contributed by atoms with Gasteiger partial charge in [-0.05, 0) is 25.5 Å². The van der Waals surface area contributed by atoms with E-state index in [-0.39, 0.29) is 0 Å². The van der Waals surface area contributed by atoms with Gasteiger partial charge in [-0.3, -0.25) is 4.90 Å². The summed E-state index contributed by atoms with van der Waals surface area (Å²) in [6.45, 7) is 5.31. The molecule has 0 bridgehead atoms. The zero-order valence-corrected chi connectivity index (χ0v) is 11.3. The highest BCUT2D eigenvalue weighted by molar-refractivity contribution is 8.01. The van der Waals surface area contributed by atoms with Crippen LogP contribution in [0.1, 0.15) is 17.9 Å². The first kappa shape index (κ1) is 11.6. The highest BCUT2D eigenvalue weighted by Crippen LogP contribution is 2.46. The van der Waals surface area contributed by atoms with Crippen molar-refractivity contribution in [2.45, 2.75) is 30.7 Å². The van der Waals surface area contributed by atoms with E-state index in [2.05, 4.69) is 22.7 Å². The lowest BCUT2D eigenvalue weighted by Gasteiger charge is -2.47. The largest absolute Gasteiger partial charge is 0.465 e. The molecule has 17 heavy (non-hydrogen) atoms. The molecular weight excluding hydrogens is 234 g/mol. The molecule has 2 aliphatic rings. The molecule has 1 aromatic rings. The van der Waals surface area contributed by atoms with E-state index < -0.39 is 0 Å². The molecule has 3 rings (SSSR count). The van der Waals surface area contributed by atoms with Crippen LogP contribution in [0.5, 0.6) is 0 Å². The van der Waals surface area contributed by atoms with Crippen molar-refractivity contribution >= 4 is 11.8 Å². The van der Waals surface area contributed by atoms with Gasteiger partial charge in [-0.15, -0.1) is 11.8 Å². The van der Waals surface area contributed by atoms with E-state index >= 15 is 0 Å². The number of ether oxygens (including phenoxy) is 1. The summed E-state index contributed by atoms with van der Waals surface area (Å²) in [6, 6.07) is 4.12. The lowest BCUT2D eigenvalue weighted by atomic mass is 9.93. The third kappa shape index (κ3) is 2.26. The van der Waals surface area contributed by atoms with Crippen LogP contribution in [0, 0.1) is 6.92 Å². The first-order valence-electron chi connectivity index (χ1n) is 6.14. The fourth-order valence-corrected chi connectivity index (χ4v) is 4.49. The fraction of sp³-hybridized carbons (Fsp3) is 0.692. The maximum atomic E-state index is 5.61. The smallest absolute Gasteiger partial charge is 0.118 e. The molecule has 2 saturated heterocycles. The van der Waals surface area contributed by atoms with Crippen molar-refractivity contribution < 1.29 is 9.15 Å². The van der Waals surface area contributed by atoms with Crippen molar-refractivity contribution in [1.82, 2.24) is 4.90 Å². The van der Waals surface area contributed by atoms with Gasteiger partial charge in [0.15, 0.2) is 0 Å². The number of thioether (sulfide) groups is 1. The second-order valence-electron chi connectivity index (χ2n) is 5.21. The van der Waals surface area contributed by atoms with Crippen molar-refractivity contribution in [3.8, 4) is 0 Å². The van der Waals surface area contributed by atoms with Gasteiger partial charge in [0.05, 0.1) is 12.6 Å². The highest BCUT2D eigenvalue weighted by Gasteiger charge is 2.49. The van der Waals surface area contributed by atoms with Crippen LogP contribution in [-0.4, -0.2) is 41.7 Å². The van der Waals surface area contributed by atoms with Gasteiger partial charge in [-0.2, -0.15) is 0 Å². The Morgan fingerprint density at radius 3 is 2.94 bits per heavy atom. The number of methoxy groups -OCH3 is 1. The molecule has 3 nitrogen and oxygen atoms in total. The number of hydrogen-bond donors (Lipinski definition) is 0. The molecule has 1 atom stereocenters. The predicted octanol–water partition coefficient (Wildman–Crippen LogP) is 2.29. The quantitative estimate of drug-likeness (QED) is 0.825. The van der Waals surface area contributed by atoms with Crippen molar-refractivity contribution in [2.24, 2.45) is 0 Å². The molecule has 94 valence electrons. The maximum absolute atomic E-state index is 5.61. The summed E-state index contributed by atoms with van der Waals surface area (Å²) >= 11 is 2.09. The van der Waals surface area contributed by atoms with E-state index in [1.165, 1.54) is 19.5 Å². The number of likely N-dealkylation sites (tertiary alicyclic amines) is 1. The van der Waals surface area contributed by atoms with E-state index in [0.29, 0.717) is 10.9 Å². The molecular formula is C13H19NO2S. The lowest BCUT2D eigenvalue weighted by molar-refractivity contribution is 0.0595. The van der Waals surface area contributed by atoms with E-state index in [9.17, 15) is 0 Å². The second kappa shape index (κ2) is 4.34. The first-order valence-corrected chi connectivity index (χ1v) is 7.12. The van der Waals surface area contributed by atoms with E-state index in [4.69, 9.17) is 9.15 Å². The van der Waals surface area contributed by atoms with Gasteiger partial charge in [0.25, 0.3) is 0 Å². The van der Waals surface area contributed by atoms with E-state index in [0.717, 1.165) is 23.8 Å². The average Bonchev–Trinajstić information content (AvgIpc) is 2.85. The van der Waals surface area contributed by atoms with Crippen molar-refractivity contribution in [3.05, 3.63) is 23.7 Å². The summed E-state index contributed by atoms with van der Waals surface area (Å²) in [7, 11) is 1.83. The van der Waals surface area contributed by atoms with Crippen molar-refractivity contribution in [3.63, 3.8) is 0 Å². The lowest BCUT2D eigenvalue weighted by Crippen LogP contribution is -2.58. The average molecular weight is 253 g/mol. The molecule has 0 radical (unpaired) electrons. The molecule has 2 aliphatic heterocycles. The summed E-state index contributed by atoms with van der Waals surface area (Å²) in [4.78, 5) is 2.46. The van der Waals surface area contributed by atoms with Gasteiger partial charge in [0.2, 0.25) is 0 Å². The molecule has 0 unspecified atom stereocenters. The normalized spacial score (nSPS) is 27.5. The summed E-state index contributed by atoms with van der Waals surface area (Å²) in [5.74, 6) is 3.25. The van der Waals surface area contributed by atoms with Gasteiger partial charge in [-0.25, -0.2) is 0 Å². The predicted molar refractivity (Wildman–Crippen MR) is 69.3 cm³/mol. The minimum Gasteiger partial charge on any atom is -0.465 e. The molecule has 0 aromatic carbocycles. The van der Waals surface area contributed by atoms with Crippen LogP contribution in [0.15, 0.2) is 16.5 Å². The van der Waals surface area contributed by atoms with E-state index in [1.54, 1.807) is 0 Å². The van der Waals surface area contributed by atoms with Gasteiger partial charge < -0.3 is 9.15 Å². The summed E-state index contributed by atoms with van der Waals surface area (Å²) in [5.41, 5.74) is 0. The van der Waals surface area contributed by atoms with Crippen LogP contribution in [-0.2, 0) is 11.3 Å². The molecule has 0 aliphatic carbocycles. The zero-order valence-electron chi connectivity index (χ0n) is 10.4. The summed E-state index contributed by atoms with van der Waals surface area (Å²) in [5, 5.41) is 0. The number of aryl methyl sites for hydroxylation is 1. The Kier molecular flexibility index (Phi) is 2.97. The fourth-order valence-electron chi connectivity index (χ4n) is 2.85. The number of nitrogens with zero attached hydrogens (tertiary/aromatic N) is 1. The molecule has 2 fully saturated rings. The van der Waals surface area contributed by atoms with Crippen LogP contribution in [0.2, 0.25) is 0 Å². The molecule has 0 N–H and O–H groups in total. The second-order valence-corrected chi connectivity index (χ2v) is 6.70. The van der Waals surface area contributed by atoms with Gasteiger partial charge in [0, 0.05) is 30.7 Å². The van der Waals surface area contributed by atoms with E-state index in [1.807, 2.05) is 20.1 Å². The van der Waals surface area contributed by atoms with Crippen LogP contribution in [0.4, 0.5) is 0 Å². The highest BCUT2D eigenvalue weighted by atomic mass is 32.2. The summed E-state index contributed by atoms with van der Waals surface area (Å²) in [6.07, 6.45) is 1.68. The third-order valence-corrected chi connectivity index (χ3v) is 5.28. The first-order chi connectivity index (χ1) is 8.19. The Morgan fingerprint density at radius 1 is 1.53 bits per heavy atom.